The predicted octanol–water partition coefficient (Wildman–Crippen LogP) is 1.91. The Hall–Kier alpha value is -0.810. The molecule has 3 nitrogen and oxygen atoms in total. The zero-order valence-electron chi connectivity index (χ0n) is 7.64. The number of carbonyl (C=O) groups is 1. The number of carbonyl (C=O) groups excluding carboxylic acids is 1. The minimum absolute atomic E-state index is 0.0315. The molecule has 0 spiro atoms. The molecule has 0 radical (unpaired) electrons. The van der Waals surface area contributed by atoms with Crippen molar-refractivity contribution < 1.29 is 13.2 Å². The van der Waals surface area contributed by atoms with Crippen LogP contribution in [-0.2, 0) is 8.87 Å². The second kappa shape index (κ2) is 4.61. The molecule has 1 aromatic carbocycles. The summed E-state index contributed by atoms with van der Waals surface area (Å²) >= 11 is 0. The van der Waals surface area contributed by atoms with E-state index in [0.29, 0.717) is 16.4 Å². The molecule has 1 rings (SSSR count). The Kier molecular flexibility index (Phi) is 3.71. The molecule has 0 atom stereocenters. The third kappa shape index (κ3) is 3.16. The molecular formula is C9H10O3S2. The van der Waals surface area contributed by atoms with Gasteiger partial charge >= 0.3 is 0 Å². The van der Waals surface area contributed by atoms with Crippen molar-refractivity contribution in [2.24, 2.45) is 0 Å². The van der Waals surface area contributed by atoms with Crippen molar-refractivity contribution in [3.8, 4) is 0 Å². The van der Waals surface area contributed by atoms with E-state index in [2.05, 4.69) is 0 Å². The van der Waals surface area contributed by atoms with Gasteiger partial charge in [-0.25, -0.2) is 8.42 Å². The van der Waals surface area contributed by atoms with Crippen LogP contribution in [0.5, 0.6) is 0 Å². The van der Waals surface area contributed by atoms with Gasteiger partial charge in [-0.15, -0.1) is 0 Å². The van der Waals surface area contributed by atoms with E-state index in [1.165, 1.54) is 6.92 Å². The molecule has 0 fully saturated rings. The molecule has 0 bridgehead atoms. The van der Waals surface area contributed by atoms with Crippen LogP contribution in [0, 0.1) is 0 Å². The van der Waals surface area contributed by atoms with E-state index >= 15 is 0 Å². The molecule has 0 heterocycles. The molecule has 0 aliphatic heterocycles. The van der Waals surface area contributed by atoms with Gasteiger partial charge in [0.2, 0.25) is 14.0 Å². The first-order chi connectivity index (χ1) is 6.55. The summed E-state index contributed by atoms with van der Waals surface area (Å²) < 4.78 is 22.3. The van der Waals surface area contributed by atoms with Crippen LogP contribution in [0.2, 0.25) is 0 Å². The van der Waals surface area contributed by atoms with E-state index in [0.717, 1.165) is 0 Å². The highest BCUT2D eigenvalue weighted by Crippen LogP contribution is 2.19. The highest BCUT2D eigenvalue weighted by atomic mass is 33.1. The normalized spacial score (nSPS) is 11.2. The molecule has 14 heavy (non-hydrogen) atoms. The molecule has 0 N–H and O–H groups in total. The fourth-order valence-corrected chi connectivity index (χ4v) is 2.71. The lowest BCUT2D eigenvalue weighted by atomic mass is 10.2. The third-order valence-corrected chi connectivity index (χ3v) is 4.84. The standard InChI is InChI=1S/C9H10O3S2/c1-2-14(11,12)13-9(10)8-6-4-3-5-7-8/h3-7H,2H2,1H3. The Labute approximate surface area is 86.8 Å². The molecule has 5 heteroatoms. The lowest BCUT2D eigenvalue weighted by Crippen LogP contribution is -2.03. The van der Waals surface area contributed by atoms with Gasteiger partial charge in [-0.1, -0.05) is 37.3 Å². The first-order valence-corrected chi connectivity index (χ1v) is 7.05. The fraction of sp³-hybridized carbons (Fsp3) is 0.222. The Morgan fingerprint density at radius 1 is 1.29 bits per heavy atom. The highest BCUT2D eigenvalue weighted by Gasteiger charge is 2.16. The van der Waals surface area contributed by atoms with Crippen LogP contribution in [0.1, 0.15) is 17.3 Å². The Balaban J connectivity index is 2.79. The topological polar surface area (TPSA) is 51.2 Å². The molecule has 1 aromatic rings. The number of benzene rings is 1. The molecule has 0 saturated carbocycles. The van der Waals surface area contributed by atoms with Gasteiger partial charge in [0.05, 0.1) is 5.75 Å². The van der Waals surface area contributed by atoms with Crippen molar-refractivity contribution in [2.45, 2.75) is 6.92 Å². The van der Waals surface area contributed by atoms with Crippen LogP contribution in [0.3, 0.4) is 0 Å². The van der Waals surface area contributed by atoms with Crippen LogP contribution >= 0.6 is 10.8 Å². The smallest absolute Gasteiger partial charge is 0.234 e. The van der Waals surface area contributed by atoms with Gasteiger partial charge in [-0.3, -0.25) is 4.79 Å². The van der Waals surface area contributed by atoms with Crippen LogP contribution in [0.25, 0.3) is 0 Å². The molecule has 0 unspecified atom stereocenters. The second-order valence-corrected chi connectivity index (χ2v) is 6.84. The monoisotopic (exact) mass is 230 g/mol. The molecule has 0 aromatic heterocycles. The molecule has 0 amide bonds. The first kappa shape index (κ1) is 11.3. The molecule has 0 aliphatic rings. The summed E-state index contributed by atoms with van der Waals surface area (Å²) in [6.45, 7) is 1.51. The van der Waals surface area contributed by atoms with Crippen LogP contribution in [0.4, 0.5) is 0 Å². The van der Waals surface area contributed by atoms with Gasteiger partial charge in [0.25, 0.3) is 0 Å². The van der Waals surface area contributed by atoms with Crippen LogP contribution < -0.4 is 0 Å². The maximum absolute atomic E-state index is 11.4. The minimum atomic E-state index is -3.30. The van der Waals surface area contributed by atoms with Gasteiger partial charge in [-0.05, 0) is 0 Å². The fourth-order valence-electron chi connectivity index (χ4n) is 0.797. The lowest BCUT2D eigenvalue weighted by Gasteiger charge is -1.99. The summed E-state index contributed by atoms with van der Waals surface area (Å²) in [7, 11) is -2.91. The van der Waals surface area contributed by atoms with Crippen molar-refractivity contribution >= 4 is 24.8 Å². The largest absolute Gasteiger partial charge is 0.280 e. The van der Waals surface area contributed by atoms with Gasteiger partial charge in [0, 0.05) is 16.4 Å². The Morgan fingerprint density at radius 2 is 1.86 bits per heavy atom. The van der Waals surface area contributed by atoms with Gasteiger partial charge < -0.3 is 0 Å². The van der Waals surface area contributed by atoms with Gasteiger partial charge in [0.1, 0.15) is 0 Å². The Bertz CT molecular complexity index is 409. The number of rotatable bonds is 3. The zero-order chi connectivity index (χ0) is 10.6. The summed E-state index contributed by atoms with van der Waals surface area (Å²) in [6, 6.07) is 8.37. The van der Waals surface area contributed by atoms with Crippen molar-refractivity contribution in [1.82, 2.24) is 0 Å². The van der Waals surface area contributed by atoms with E-state index in [4.69, 9.17) is 0 Å². The van der Waals surface area contributed by atoms with E-state index < -0.39 is 14.0 Å². The average Bonchev–Trinajstić information content (AvgIpc) is 2.19. The molecule has 0 aliphatic carbocycles. The summed E-state index contributed by atoms with van der Waals surface area (Å²) in [5, 5.41) is -0.424. The van der Waals surface area contributed by atoms with Crippen LogP contribution in [-0.4, -0.2) is 19.3 Å². The van der Waals surface area contributed by atoms with Crippen molar-refractivity contribution in [3.63, 3.8) is 0 Å². The van der Waals surface area contributed by atoms with E-state index in [1.807, 2.05) is 0 Å². The van der Waals surface area contributed by atoms with E-state index in [-0.39, 0.29) is 5.75 Å². The molecular weight excluding hydrogens is 220 g/mol. The second-order valence-electron chi connectivity index (χ2n) is 2.58. The Morgan fingerprint density at radius 3 is 2.36 bits per heavy atom. The summed E-state index contributed by atoms with van der Waals surface area (Å²) in [5.41, 5.74) is 0.412. The zero-order valence-corrected chi connectivity index (χ0v) is 9.27. The minimum Gasteiger partial charge on any atom is -0.280 e. The number of hydrogen-bond acceptors (Lipinski definition) is 4. The van der Waals surface area contributed by atoms with Crippen molar-refractivity contribution in [2.75, 3.05) is 5.75 Å². The third-order valence-electron chi connectivity index (χ3n) is 1.57. The van der Waals surface area contributed by atoms with Gasteiger partial charge in [-0.2, -0.15) is 0 Å². The molecule has 0 saturated heterocycles. The average molecular weight is 230 g/mol. The maximum atomic E-state index is 11.4. The SMILES string of the molecule is CCS(=O)(=O)SC(=O)c1ccccc1. The van der Waals surface area contributed by atoms with Crippen molar-refractivity contribution in [3.05, 3.63) is 35.9 Å². The quantitative estimate of drug-likeness (QED) is 0.744. The molecule has 76 valence electrons. The van der Waals surface area contributed by atoms with E-state index in [1.54, 1.807) is 30.3 Å². The number of hydrogen-bond donors (Lipinski definition) is 0. The van der Waals surface area contributed by atoms with E-state index in [9.17, 15) is 13.2 Å². The summed E-state index contributed by atoms with van der Waals surface area (Å²) in [4.78, 5) is 11.4. The van der Waals surface area contributed by atoms with Crippen molar-refractivity contribution in [1.29, 1.82) is 0 Å². The maximum Gasteiger partial charge on any atom is 0.234 e. The van der Waals surface area contributed by atoms with Gasteiger partial charge in [0.15, 0.2) is 0 Å². The lowest BCUT2D eigenvalue weighted by molar-refractivity contribution is 0.109. The highest BCUT2D eigenvalue weighted by molar-refractivity contribution is 8.78. The van der Waals surface area contributed by atoms with Crippen LogP contribution in [0.15, 0.2) is 30.3 Å². The predicted molar refractivity (Wildman–Crippen MR) is 57.8 cm³/mol. The first-order valence-electron chi connectivity index (χ1n) is 4.06. The summed E-state index contributed by atoms with van der Waals surface area (Å²) in [5.74, 6) is -0.0315. The summed E-state index contributed by atoms with van der Waals surface area (Å²) in [6.07, 6.45) is 0.